The van der Waals surface area contributed by atoms with Crippen LogP contribution in [0.3, 0.4) is 0 Å². The zero-order chi connectivity index (χ0) is 25.0. The Bertz CT molecular complexity index is 987. The average molecular weight is 468 g/mol. The predicted molar refractivity (Wildman–Crippen MR) is 135 cm³/mol. The molecule has 2 aromatic rings. The summed E-state index contributed by atoms with van der Waals surface area (Å²) in [5.74, 6) is 0.0753. The van der Waals surface area contributed by atoms with Crippen LogP contribution in [0, 0.1) is 22.6 Å². The van der Waals surface area contributed by atoms with Crippen LogP contribution in [0.5, 0.6) is 0 Å². The van der Waals surface area contributed by atoms with E-state index in [4.69, 9.17) is 4.74 Å². The Morgan fingerprint density at radius 3 is 2.44 bits per heavy atom. The lowest BCUT2D eigenvalue weighted by atomic mass is 9.49. The summed E-state index contributed by atoms with van der Waals surface area (Å²) in [7, 11) is 0. The Morgan fingerprint density at radius 2 is 1.88 bits per heavy atom. The maximum Gasteiger partial charge on any atom is 0.128 e. The van der Waals surface area contributed by atoms with Crippen LogP contribution in [-0.2, 0) is 9.53 Å². The summed E-state index contributed by atoms with van der Waals surface area (Å²) in [5.41, 5.74) is 2.30. The van der Waals surface area contributed by atoms with Crippen LogP contribution in [0.15, 0.2) is 49.2 Å². The molecule has 1 N–H and O–H groups in total. The number of rotatable bonds is 3. The van der Waals surface area contributed by atoms with Crippen molar-refractivity contribution >= 4 is 12.4 Å². The number of hydrogen-bond donors (Lipinski definition) is 1. The lowest BCUT2D eigenvalue weighted by Crippen LogP contribution is -2.55. The fraction of sp³-hybridized carbons (Fsp3) is 0.517. The van der Waals surface area contributed by atoms with E-state index >= 15 is 0 Å². The number of ether oxygens (including phenoxy) is 1. The number of aliphatic hydroxyl groups excluding tert-OH is 1. The van der Waals surface area contributed by atoms with Gasteiger partial charge in [0.05, 0.1) is 29.4 Å². The molecule has 4 nitrogen and oxygen atoms in total. The molecular formula is C29H38FNO3. The number of aromatic nitrogens is 1. The monoisotopic (exact) mass is 467 g/mol. The van der Waals surface area contributed by atoms with Gasteiger partial charge in [-0.15, -0.1) is 0 Å². The summed E-state index contributed by atoms with van der Waals surface area (Å²) in [6, 6.07) is 10.2. The molecule has 3 aliphatic rings. The minimum absolute atomic E-state index is 0.136. The number of halogens is 1. The maximum atomic E-state index is 13.0. The predicted octanol–water partition coefficient (Wildman–Crippen LogP) is 6.48. The van der Waals surface area contributed by atoms with E-state index in [0.717, 1.165) is 61.8 Å². The van der Waals surface area contributed by atoms with Crippen molar-refractivity contribution in [2.24, 2.45) is 16.7 Å². The van der Waals surface area contributed by atoms with E-state index in [2.05, 4.69) is 18.5 Å². The van der Waals surface area contributed by atoms with Gasteiger partial charge in [0.25, 0.3) is 0 Å². The number of nitrogens with zero attached hydrogens (tertiary/aromatic N) is 1. The van der Waals surface area contributed by atoms with Crippen molar-refractivity contribution in [1.29, 1.82) is 0 Å². The Balaban J connectivity index is 0.000000179. The molecule has 1 aromatic carbocycles. The van der Waals surface area contributed by atoms with Gasteiger partial charge in [-0.1, -0.05) is 52.5 Å². The van der Waals surface area contributed by atoms with Gasteiger partial charge in [-0.05, 0) is 73.3 Å². The van der Waals surface area contributed by atoms with E-state index in [-0.39, 0.29) is 16.8 Å². The molecule has 1 saturated heterocycles. The van der Waals surface area contributed by atoms with Crippen LogP contribution < -0.4 is 0 Å². The fourth-order valence-electron chi connectivity index (χ4n) is 5.91. The van der Waals surface area contributed by atoms with Crippen LogP contribution in [0.25, 0.3) is 17.2 Å². The molecule has 2 heterocycles. The smallest absolute Gasteiger partial charge is 0.128 e. The third kappa shape index (κ3) is 5.31. The SMILES string of the molecule is C=Cc1ccc(-c2cccc(F)c2)cn1.CC.C[C@@]12CC[C@@H](O)[C@@](C)(C=O)C1CCC1(CO1)C2. The van der Waals surface area contributed by atoms with Crippen molar-refractivity contribution < 1.29 is 19.0 Å². The van der Waals surface area contributed by atoms with E-state index < -0.39 is 11.5 Å². The molecule has 184 valence electrons. The van der Waals surface area contributed by atoms with Crippen LogP contribution >= 0.6 is 0 Å². The van der Waals surface area contributed by atoms with Crippen molar-refractivity contribution in [2.45, 2.75) is 71.5 Å². The number of fused-ring (bicyclic) bond motifs is 1. The highest BCUT2D eigenvalue weighted by Crippen LogP contribution is 2.62. The first-order valence-electron chi connectivity index (χ1n) is 12.4. The summed E-state index contributed by atoms with van der Waals surface area (Å²) < 4.78 is 18.6. The quantitative estimate of drug-likeness (QED) is 0.415. The minimum Gasteiger partial charge on any atom is -0.392 e. The Hall–Kier alpha value is -2.37. The van der Waals surface area contributed by atoms with Gasteiger partial charge in [-0.25, -0.2) is 4.39 Å². The van der Waals surface area contributed by atoms with E-state index in [1.807, 2.05) is 39.0 Å². The molecule has 5 atom stereocenters. The highest BCUT2D eigenvalue weighted by molar-refractivity contribution is 5.63. The normalized spacial score (nSPS) is 33.4. The number of carbonyl (C=O) groups excluding carboxylic acids is 1. The fourth-order valence-corrected chi connectivity index (χ4v) is 5.91. The van der Waals surface area contributed by atoms with Crippen LogP contribution in [0.2, 0.25) is 0 Å². The summed E-state index contributed by atoms with van der Waals surface area (Å²) in [5, 5.41) is 10.2. The molecule has 2 saturated carbocycles. The first kappa shape index (κ1) is 26.2. The van der Waals surface area contributed by atoms with Gasteiger partial charge in [-0.2, -0.15) is 0 Å². The summed E-state index contributed by atoms with van der Waals surface area (Å²) >= 11 is 0. The summed E-state index contributed by atoms with van der Waals surface area (Å²) in [6.45, 7) is 12.8. The average Bonchev–Trinajstić information content (AvgIpc) is 3.61. The Kier molecular flexibility index (Phi) is 8.10. The van der Waals surface area contributed by atoms with E-state index in [1.54, 1.807) is 18.3 Å². The molecule has 2 unspecified atom stereocenters. The topological polar surface area (TPSA) is 62.7 Å². The third-order valence-corrected chi connectivity index (χ3v) is 7.87. The highest BCUT2D eigenvalue weighted by Gasteiger charge is 2.61. The second-order valence-corrected chi connectivity index (χ2v) is 10.1. The molecule has 0 radical (unpaired) electrons. The lowest BCUT2D eigenvalue weighted by molar-refractivity contribution is -0.152. The number of epoxide rings is 1. The zero-order valence-electron chi connectivity index (χ0n) is 20.9. The van der Waals surface area contributed by atoms with Crippen molar-refractivity contribution in [3.05, 3.63) is 60.7 Å². The molecule has 5 heteroatoms. The van der Waals surface area contributed by atoms with E-state index in [9.17, 15) is 14.3 Å². The van der Waals surface area contributed by atoms with Crippen LogP contribution in [0.4, 0.5) is 4.39 Å². The molecule has 1 aliphatic heterocycles. The van der Waals surface area contributed by atoms with Crippen molar-refractivity contribution in [2.75, 3.05) is 6.61 Å². The Morgan fingerprint density at radius 1 is 1.15 bits per heavy atom. The van der Waals surface area contributed by atoms with Gasteiger partial charge in [0.1, 0.15) is 12.1 Å². The van der Waals surface area contributed by atoms with E-state index in [1.165, 1.54) is 12.1 Å². The van der Waals surface area contributed by atoms with Gasteiger partial charge in [0, 0.05) is 11.8 Å². The number of hydrogen-bond acceptors (Lipinski definition) is 4. The number of pyridine rings is 1. The highest BCUT2D eigenvalue weighted by atomic mass is 19.1. The van der Waals surface area contributed by atoms with Crippen molar-refractivity contribution in [3.8, 4) is 11.1 Å². The van der Waals surface area contributed by atoms with Crippen molar-refractivity contribution in [1.82, 2.24) is 4.98 Å². The van der Waals surface area contributed by atoms with Gasteiger partial charge in [0.15, 0.2) is 0 Å². The molecule has 3 fully saturated rings. The molecule has 1 aromatic heterocycles. The van der Waals surface area contributed by atoms with E-state index in [0.29, 0.717) is 5.92 Å². The first-order valence-corrected chi connectivity index (χ1v) is 12.4. The third-order valence-electron chi connectivity index (χ3n) is 7.87. The molecular weight excluding hydrogens is 429 g/mol. The second kappa shape index (κ2) is 10.5. The molecule has 2 aliphatic carbocycles. The number of benzene rings is 1. The van der Waals surface area contributed by atoms with Crippen LogP contribution in [-0.4, -0.2) is 34.7 Å². The standard InChI is InChI=1S/C14H22O3.C13H10FN.C2H6/c1-12-5-4-11(16)13(2,8-15)10(12)3-6-14(7-12)9-17-14;1-2-13-7-6-11(9-15-13)10-4-3-5-12(14)8-10;1-2/h8,10-11,16H,3-7,9H2,1-2H3;2-9H,1H2;1-2H3/t10?,11-,12+,13+,14?;;/m1../s1. The first-order chi connectivity index (χ1) is 16.2. The van der Waals surface area contributed by atoms with Gasteiger partial charge >= 0.3 is 0 Å². The lowest BCUT2D eigenvalue weighted by Gasteiger charge is -2.55. The minimum atomic E-state index is -0.552. The largest absolute Gasteiger partial charge is 0.392 e. The molecule has 34 heavy (non-hydrogen) atoms. The molecule has 0 amide bonds. The zero-order valence-corrected chi connectivity index (χ0v) is 20.9. The maximum absolute atomic E-state index is 13.0. The van der Waals surface area contributed by atoms with Gasteiger partial charge in [-0.3, -0.25) is 4.98 Å². The Labute approximate surface area is 203 Å². The number of carbonyl (C=O) groups is 1. The number of aldehydes is 1. The van der Waals surface area contributed by atoms with Crippen molar-refractivity contribution in [3.63, 3.8) is 0 Å². The summed E-state index contributed by atoms with van der Waals surface area (Å²) in [6.07, 6.45) is 8.85. The van der Waals surface area contributed by atoms with Gasteiger partial charge < -0.3 is 14.6 Å². The molecule has 5 rings (SSSR count). The summed E-state index contributed by atoms with van der Waals surface area (Å²) in [4.78, 5) is 15.6. The molecule has 1 spiro atoms. The van der Waals surface area contributed by atoms with Crippen LogP contribution in [0.1, 0.15) is 65.5 Å². The second-order valence-electron chi connectivity index (χ2n) is 10.1. The van der Waals surface area contributed by atoms with Gasteiger partial charge in [0.2, 0.25) is 0 Å². The number of aliphatic hydroxyl groups is 1. The molecule has 0 bridgehead atoms.